The first-order valence-electron chi connectivity index (χ1n) is 11.3. The highest BCUT2D eigenvalue weighted by molar-refractivity contribution is 5.58. The van der Waals surface area contributed by atoms with Crippen LogP contribution in [0.4, 0.5) is 5.69 Å². The molecule has 3 rings (SSSR count). The molecule has 0 bridgehead atoms. The molecule has 0 aliphatic heterocycles. The van der Waals surface area contributed by atoms with E-state index in [-0.39, 0.29) is 0 Å². The molecular formula is C25H36N2O5. The largest absolute Gasteiger partial charge is 0.493 e. The summed E-state index contributed by atoms with van der Waals surface area (Å²) in [6, 6.07) is 10.9. The number of benzene rings is 1. The lowest BCUT2D eigenvalue weighted by Gasteiger charge is -2.30. The van der Waals surface area contributed by atoms with Gasteiger partial charge in [0.05, 0.1) is 39.2 Å². The van der Waals surface area contributed by atoms with Crippen LogP contribution in [0.15, 0.2) is 36.5 Å². The lowest BCUT2D eigenvalue weighted by Crippen LogP contribution is -2.25. The maximum Gasteiger partial charge on any atom is 0.165 e. The number of hydrogen-bond donors (Lipinski definition) is 1. The number of rotatable bonds is 13. The molecule has 2 aromatic rings. The minimum Gasteiger partial charge on any atom is -0.493 e. The number of nitrogens with one attached hydrogen (secondary N) is 1. The molecule has 1 aromatic carbocycles. The average Bonchev–Trinajstić information content (AvgIpc) is 2.83. The molecule has 1 aliphatic rings. The fraction of sp³-hybridized carbons (Fsp3) is 0.560. The number of ether oxygens (including phenoxy) is 5. The van der Waals surface area contributed by atoms with Crippen LogP contribution < -0.4 is 14.8 Å². The van der Waals surface area contributed by atoms with E-state index < -0.39 is 0 Å². The normalized spacial score (nSPS) is 18.3. The van der Waals surface area contributed by atoms with Crippen LogP contribution in [0.2, 0.25) is 0 Å². The van der Waals surface area contributed by atoms with Crippen LogP contribution >= 0.6 is 0 Å². The van der Waals surface area contributed by atoms with Gasteiger partial charge in [0.1, 0.15) is 18.1 Å². The van der Waals surface area contributed by atoms with Crippen LogP contribution in [0.25, 0.3) is 0 Å². The second kappa shape index (κ2) is 13.3. The van der Waals surface area contributed by atoms with E-state index in [4.69, 9.17) is 23.7 Å². The van der Waals surface area contributed by atoms with E-state index in [0.29, 0.717) is 45.0 Å². The molecule has 0 saturated heterocycles. The van der Waals surface area contributed by atoms with Crippen molar-refractivity contribution >= 4 is 5.69 Å². The monoisotopic (exact) mass is 444 g/mol. The Morgan fingerprint density at radius 2 is 1.62 bits per heavy atom. The van der Waals surface area contributed by atoms with Crippen molar-refractivity contribution in [1.82, 2.24) is 4.98 Å². The smallest absolute Gasteiger partial charge is 0.165 e. The molecular weight excluding hydrogens is 408 g/mol. The van der Waals surface area contributed by atoms with Gasteiger partial charge in [-0.3, -0.25) is 4.98 Å². The van der Waals surface area contributed by atoms with Gasteiger partial charge in [0.15, 0.2) is 5.75 Å². The highest BCUT2D eigenvalue weighted by Crippen LogP contribution is 2.36. The third-order valence-electron chi connectivity index (χ3n) is 5.83. The number of methoxy groups -OCH3 is 3. The topological polar surface area (TPSA) is 71.1 Å². The maximum atomic E-state index is 5.76. The van der Waals surface area contributed by atoms with Crippen LogP contribution in [0.5, 0.6) is 11.5 Å². The summed E-state index contributed by atoms with van der Waals surface area (Å²) in [4.78, 5) is 4.37. The van der Waals surface area contributed by atoms with Crippen LogP contribution in [0, 0.1) is 0 Å². The molecule has 1 heterocycles. The molecule has 1 fully saturated rings. The van der Waals surface area contributed by atoms with Crippen LogP contribution in [0.1, 0.15) is 42.9 Å². The summed E-state index contributed by atoms with van der Waals surface area (Å²) in [7, 11) is 5.02. The average molecular weight is 445 g/mol. The summed E-state index contributed by atoms with van der Waals surface area (Å²) in [6.07, 6.45) is 6.35. The van der Waals surface area contributed by atoms with E-state index in [1.807, 2.05) is 6.07 Å². The molecule has 0 spiro atoms. The summed E-state index contributed by atoms with van der Waals surface area (Å²) < 4.78 is 27.0. The Balaban J connectivity index is 1.45. The van der Waals surface area contributed by atoms with Gasteiger partial charge in [-0.1, -0.05) is 12.1 Å². The number of nitrogens with zero attached hydrogens (tertiary/aromatic N) is 1. The summed E-state index contributed by atoms with van der Waals surface area (Å²) in [5, 5.41) is 3.66. The standard InChI is InChI=1S/C25H36N2O5/c1-28-14-15-31-16-17-32-22-10-6-20(7-11-22)19-4-8-21(9-5-19)27-23-12-13-26-24(18-29-2)25(23)30-3/h6-7,10-13,19,21H,4-5,8-9,14-18H2,1-3H3,(H,26,27)/t19-,21+. The highest BCUT2D eigenvalue weighted by atomic mass is 16.5. The Hall–Kier alpha value is -2.35. The molecule has 1 aromatic heterocycles. The molecule has 0 radical (unpaired) electrons. The van der Waals surface area contributed by atoms with E-state index in [2.05, 4.69) is 34.6 Å². The molecule has 0 amide bonds. The summed E-state index contributed by atoms with van der Waals surface area (Å²) in [6.45, 7) is 2.75. The molecule has 1 saturated carbocycles. The van der Waals surface area contributed by atoms with Crippen molar-refractivity contribution in [2.24, 2.45) is 0 Å². The first-order chi connectivity index (χ1) is 15.7. The fourth-order valence-electron chi connectivity index (χ4n) is 4.16. The van der Waals surface area contributed by atoms with Gasteiger partial charge >= 0.3 is 0 Å². The van der Waals surface area contributed by atoms with Crippen molar-refractivity contribution in [3.05, 3.63) is 47.8 Å². The Morgan fingerprint density at radius 1 is 0.875 bits per heavy atom. The van der Waals surface area contributed by atoms with Crippen molar-refractivity contribution in [3.8, 4) is 11.5 Å². The SMILES string of the molecule is COCCOCCOc1ccc([C@H]2CC[C@@H](Nc3ccnc(COC)c3OC)CC2)cc1. The number of anilines is 1. The van der Waals surface area contributed by atoms with Gasteiger partial charge in [-0.15, -0.1) is 0 Å². The van der Waals surface area contributed by atoms with Gasteiger partial charge in [0, 0.05) is 26.5 Å². The Kier molecular flexibility index (Phi) is 10.1. The number of hydrogen-bond acceptors (Lipinski definition) is 7. The van der Waals surface area contributed by atoms with Gasteiger partial charge in [0.2, 0.25) is 0 Å². The molecule has 176 valence electrons. The van der Waals surface area contributed by atoms with Gasteiger partial charge in [-0.25, -0.2) is 0 Å². The van der Waals surface area contributed by atoms with Gasteiger partial charge < -0.3 is 29.0 Å². The minimum atomic E-state index is 0.429. The molecule has 7 nitrogen and oxygen atoms in total. The zero-order valence-electron chi connectivity index (χ0n) is 19.5. The van der Waals surface area contributed by atoms with Gasteiger partial charge in [0.25, 0.3) is 0 Å². The predicted molar refractivity (Wildman–Crippen MR) is 125 cm³/mol. The maximum absolute atomic E-state index is 5.76. The molecule has 32 heavy (non-hydrogen) atoms. The van der Waals surface area contributed by atoms with Crippen LogP contribution in [-0.2, 0) is 20.8 Å². The van der Waals surface area contributed by atoms with Crippen molar-refractivity contribution in [2.75, 3.05) is 53.1 Å². The van der Waals surface area contributed by atoms with Crippen molar-refractivity contribution in [3.63, 3.8) is 0 Å². The minimum absolute atomic E-state index is 0.429. The lowest BCUT2D eigenvalue weighted by molar-refractivity contribution is 0.0544. The zero-order chi connectivity index (χ0) is 22.6. The summed E-state index contributed by atoms with van der Waals surface area (Å²) in [5.41, 5.74) is 3.19. The van der Waals surface area contributed by atoms with E-state index in [0.717, 1.165) is 48.6 Å². The zero-order valence-corrected chi connectivity index (χ0v) is 19.5. The first kappa shape index (κ1) is 24.3. The Morgan fingerprint density at radius 3 is 2.31 bits per heavy atom. The van der Waals surface area contributed by atoms with Crippen molar-refractivity contribution < 1.29 is 23.7 Å². The number of pyridine rings is 1. The van der Waals surface area contributed by atoms with Gasteiger partial charge in [-0.2, -0.15) is 0 Å². The highest BCUT2D eigenvalue weighted by Gasteiger charge is 2.23. The van der Waals surface area contributed by atoms with E-state index in [1.54, 1.807) is 27.5 Å². The summed E-state index contributed by atoms with van der Waals surface area (Å²) in [5.74, 6) is 2.25. The predicted octanol–water partition coefficient (Wildman–Crippen LogP) is 4.42. The molecule has 7 heteroatoms. The molecule has 0 atom stereocenters. The van der Waals surface area contributed by atoms with E-state index in [1.165, 1.54) is 5.56 Å². The Bertz CT molecular complexity index is 791. The molecule has 0 unspecified atom stereocenters. The van der Waals surface area contributed by atoms with Crippen LogP contribution in [-0.4, -0.2) is 58.8 Å². The second-order valence-corrected chi connectivity index (χ2v) is 7.99. The third kappa shape index (κ3) is 7.08. The first-order valence-corrected chi connectivity index (χ1v) is 11.3. The van der Waals surface area contributed by atoms with Crippen molar-refractivity contribution in [2.45, 2.75) is 44.2 Å². The van der Waals surface area contributed by atoms with Gasteiger partial charge in [-0.05, 0) is 55.4 Å². The third-order valence-corrected chi connectivity index (χ3v) is 5.83. The fourth-order valence-corrected chi connectivity index (χ4v) is 4.16. The molecule has 1 aliphatic carbocycles. The van der Waals surface area contributed by atoms with Crippen LogP contribution in [0.3, 0.4) is 0 Å². The lowest BCUT2D eigenvalue weighted by atomic mass is 9.81. The van der Waals surface area contributed by atoms with Crippen molar-refractivity contribution in [1.29, 1.82) is 0 Å². The van der Waals surface area contributed by atoms with E-state index >= 15 is 0 Å². The number of aromatic nitrogens is 1. The Labute approximate surface area is 191 Å². The quantitative estimate of drug-likeness (QED) is 0.459. The molecule has 1 N–H and O–H groups in total. The van der Waals surface area contributed by atoms with E-state index in [9.17, 15) is 0 Å². The second-order valence-electron chi connectivity index (χ2n) is 7.99. The summed E-state index contributed by atoms with van der Waals surface area (Å²) >= 11 is 0.